The maximum absolute atomic E-state index is 0. The average molecular weight is 350 g/mol. The van der Waals surface area contributed by atoms with Gasteiger partial charge in [0.25, 0.3) is 0 Å². The van der Waals surface area contributed by atoms with Gasteiger partial charge >= 0.3 is 224 Å². The van der Waals surface area contributed by atoms with Gasteiger partial charge in [-0.3, -0.25) is 0 Å². The number of hydrogen-bond donors (Lipinski definition) is 0. The molecule has 4 heteroatoms. The SMILES string of the molecule is [Cs+].[H-].[H-].[H-].[H-].[H-].[K+].[Rb+].[Sr+2]. The van der Waals surface area contributed by atoms with E-state index in [0.29, 0.717) is 0 Å². The quantitative estimate of drug-likeness (QED) is 0.381. The second-order valence-electron chi connectivity index (χ2n) is 0. The second-order valence-corrected chi connectivity index (χ2v) is 0. The Morgan fingerprint density at radius 2 is 1.25 bits per heavy atom. The molecular weight excluding hydrogens is 345 g/mol. The van der Waals surface area contributed by atoms with Crippen molar-refractivity contribution in [3.05, 3.63) is 0 Å². The second kappa shape index (κ2) is 16.5. The summed E-state index contributed by atoms with van der Waals surface area (Å²) in [5.41, 5.74) is 0. The molecule has 0 rings (SSSR count). The van der Waals surface area contributed by atoms with Crippen LogP contribution in [0.15, 0.2) is 0 Å². The van der Waals surface area contributed by atoms with E-state index in [4.69, 9.17) is 0 Å². The molecule has 10 valence electrons. The maximum atomic E-state index is 0. The Kier molecular flexibility index (Phi) is 92.7. The van der Waals surface area contributed by atoms with Gasteiger partial charge in [0.05, 0.1) is 0 Å². The third kappa shape index (κ3) is 11.7. The molecule has 0 spiro atoms. The minimum atomic E-state index is 0. The molecule has 0 amide bonds. The molecule has 0 unspecified atom stereocenters. The van der Waals surface area contributed by atoms with Gasteiger partial charge in [0, 0.05) is 0 Å². The standard InChI is InChI=1S/Cs.K.Rb.Sr.5H/q3*+1;+2;5*-1. The van der Waals surface area contributed by atoms with Gasteiger partial charge in [-0.1, -0.05) is 0 Å². The molecule has 0 aliphatic carbocycles. The third-order valence-electron chi connectivity index (χ3n) is 0. The fraction of sp³-hybridized carbons (Fsp3) is 0. The Labute approximate surface area is 222 Å². The number of rotatable bonds is 0. The molecule has 0 heterocycles. The average Bonchev–Trinajstić information content (AvgIpc) is 0. The summed E-state index contributed by atoms with van der Waals surface area (Å²) in [6.07, 6.45) is 0. The first-order chi connectivity index (χ1) is 0. The van der Waals surface area contributed by atoms with E-state index in [1.165, 1.54) is 0 Å². The fourth-order valence-electron chi connectivity index (χ4n) is 0. The van der Waals surface area contributed by atoms with Crippen LogP contribution >= 0.6 is 0 Å². The maximum Gasteiger partial charge on any atom is 2.00 e. The van der Waals surface area contributed by atoms with Crippen molar-refractivity contribution in [2.24, 2.45) is 0 Å². The Bertz CT molecular complexity index is 16.9. The first-order valence-electron chi connectivity index (χ1n) is 0. The van der Waals surface area contributed by atoms with Gasteiger partial charge in [0.15, 0.2) is 0 Å². The van der Waals surface area contributed by atoms with Crippen LogP contribution in [-0.2, 0) is 0 Å². The van der Waals surface area contributed by atoms with Crippen molar-refractivity contribution in [3.63, 3.8) is 0 Å². The summed E-state index contributed by atoms with van der Waals surface area (Å²) in [6, 6.07) is 0. The van der Waals surface area contributed by atoms with Crippen LogP contribution in [0.2, 0.25) is 0 Å². The molecule has 0 aliphatic heterocycles. The van der Waals surface area contributed by atoms with E-state index < -0.39 is 0 Å². The predicted octanol–water partition coefficient (Wildman–Crippen LogP) is -8.81. The molecule has 4 heavy (non-hydrogen) atoms. The van der Waals surface area contributed by atoms with E-state index in [1.54, 1.807) is 0 Å². The van der Waals surface area contributed by atoms with Crippen molar-refractivity contribution >= 4 is 45.5 Å². The van der Waals surface area contributed by atoms with Gasteiger partial charge in [0.2, 0.25) is 0 Å². The zero-order chi connectivity index (χ0) is 0. The zero-order valence-electron chi connectivity index (χ0n) is 8.71. The van der Waals surface area contributed by atoms with Crippen LogP contribution in [0.1, 0.15) is 7.13 Å². The monoisotopic (exact) mass is 350 g/mol. The van der Waals surface area contributed by atoms with Gasteiger partial charge in [0.1, 0.15) is 0 Å². The van der Waals surface area contributed by atoms with Crippen molar-refractivity contribution in [1.29, 1.82) is 0 Å². The van der Waals surface area contributed by atoms with E-state index in [1.807, 2.05) is 0 Å². The summed E-state index contributed by atoms with van der Waals surface area (Å²) < 4.78 is 0. The van der Waals surface area contributed by atoms with Gasteiger partial charge < -0.3 is 7.13 Å². The Morgan fingerprint density at radius 1 is 1.25 bits per heavy atom. The summed E-state index contributed by atoms with van der Waals surface area (Å²) in [7, 11) is 0. The predicted molar refractivity (Wildman–Crippen MR) is 11.3 cm³/mol. The van der Waals surface area contributed by atoms with Crippen LogP contribution in [-0.4, -0.2) is 45.5 Å². The number of hydrogen-bond acceptors (Lipinski definition) is 0. The summed E-state index contributed by atoms with van der Waals surface area (Å²) in [5, 5.41) is 0. The molecule has 0 aromatic heterocycles. The molecule has 0 aliphatic rings. The first kappa shape index (κ1) is 22.4. The van der Waals surface area contributed by atoms with Gasteiger partial charge in [-0.15, -0.1) is 0 Å². The Morgan fingerprint density at radius 3 is 1.25 bits per heavy atom. The summed E-state index contributed by atoms with van der Waals surface area (Å²) >= 11 is 0. The first-order valence-corrected chi connectivity index (χ1v) is 0. The van der Waals surface area contributed by atoms with E-state index in [2.05, 4.69) is 0 Å². The van der Waals surface area contributed by atoms with Crippen molar-refractivity contribution in [3.8, 4) is 0 Å². The smallest absolute Gasteiger partial charge is 1.00 e. The summed E-state index contributed by atoms with van der Waals surface area (Å²) in [6.45, 7) is 0. The molecule has 0 aromatic rings. The minimum Gasteiger partial charge on any atom is -1.00 e. The van der Waals surface area contributed by atoms with Gasteiger partial charge in [-0.05, 0) is 0 Å². The molecule has 0 nitrogen and oxygen atoms in total. The van der Waals surface area contributed by atoms with Crippen LogP contribution in [0.25, 0.3) is 0 Å². The van der Waals surface area contributed by atoms with Crippen LogP contribution in [0.3, 0.4) is 0 Å². The van der Waals surface area contributed by atoms with Gasteiger partial charge in [-0.25, -0.2) is 0 Å². The fourth-order valence-corrected chi connectivity index (χ4v) is 0. The normalized spacial score (nSPS) is 0. The van der Waals surface area contributed by atoms with E-state index in [-0.39, 0.29) is 231 Å². The minimum absolute atomic E-state index is 0. The van der Waals surface area contributed by atoms with E-state index >= 15 is 0 Å². The van der Waals surface area contributed by atoms with Crippen molar-refractivity contribution in [2.75, 3.05) is 0 Å². The molecule has 0 atom stereocenters. The van der Waals surface area contributed by atoms with Crippen molar-refractivity contribution in [2.45, 2.75) is 0 Å². The van der Waals surface area contributed by atoms with Crippen LogP contribution in [0.4, 0.5) is 0 Å². The molecule has 0 saturated heterocycles. The molecule has 0 radical (unpaired) electrons. The molecular formula is H5CsKRbSr. The molecule has 0 bridgehead atoms. The summed E-state index contributed by atoms with van der Waals surface area (Å²) in [4.78, 5) is 0. The largest absolute Gasteiger partial charge is 2.00 e. The molecule has 0 N–H and O–H groups in total. The zero-order valence-corrected chi connectivity index (χ0v) is 21.5. The topological polar surface area (TPSA) is 0 Å². The van der Waals surface area contributed by atoms with Crippen molar-refractivity contribution in [1.82, 2.24) is 0 Å². The summed E-state index contributed by atoms with van der Waals surface area (Å²) in [5.74, 6) is 0. The van der Waals surface area contributed by atoms with Crippen molar-refractivity contribution < 1.29 is 186 Å². The van der Waals surface area contributed by atoms with E-state index in [0.717, 1.165) is 0 Å². The van der Waals surface area contributed by atoms with E-state index in [9.17, 15) is 0 Å². The third-order valence-corrected chi connectivity index (χ3v) is 0. The van der Waals surface area contributed by atoms with Crippen LogP contribution in [0.5, 0.6) is 0 Å². The Balaban J connectivity index is 0. The molecule has 0 fully saturated rings. The molecule has 0 saturated carbocycles. The van der Waals surface area contributed by atoms with Gasteiger partial charge in [-0.2, -0.15) is 0 Å². The van der Waals surface area contributed by atoms with Crippen LogP contribution < -0.4 is 178 Å². The Hall–Kier alpha value is 6.97. The van der Waals surface area contributed by atoms with Crippen LogP contribution in [0, 0.1) is 0 Å². The molecule has 0 aromatic carbocycles.